The first-order valence-electron chi connectivity index (χ1n) is 6.99. The lowest BCUT2D eigenvalue weighted by Gasteiger charge is -2.08. The summed E-state index contributed by atoms with van der Waals surface area (Å²) in [6.07, 6.45) is 0.0568. The Labute approximate surface area is 136 Å². The van der Waals surface area contributed by atoms with Crippen LogP contribution in [0.5, 0.6) is 5.75 Å². The molecule has 0 saturated carbocycles. The summed E-state index contributed by atoms with van der Waals surface area (Å²) in [5.41, 5.74) is 2.54. The zero-order chi connectivity index (χ0) is 16.6. The molecule has 4 nitrogen and oxygen atoms in total. The molecule has 0 bridgehead atoms. The Hall–Kier alpha value is -2.53. The number of fused-ring (bicyclic) bond motifs is 1. The predicted octanol–water partition coefficient (Wildman–Crippen LogP) is 4.16. The van der Waals surface area contributed by atoms with Gasteiger partial charge in [-0.2, -0.15) is 0 Å². The van der Waals surface area contributed by atoms with Gasteiger partial charge in [-0.15, -0.1) is 0 Å². The molecule has 0 atom stereocenters. The highest BCUT2D eigenvalue weighted by Crippen LogP contribution is 2.28. The number of hydrogen-bond acceptors (Lipinski definition) is 2. The van der Waals surface area contributed by atoms with E-state index >= 15 is 0 Å². The van der Waals surface area contributed by atoms with Crippen LogP contribution in [0.15, 0.2) is 36.4 Å². The van der Waals surface area contributed by atoms with Crippen LogP contribution < -0.4 is 5.32 Å². The number of aromatic hydroxyl groups is 1. The number of halogens is 2. The Morgan fingerprint density at radius 3 is 2.87 bits per heavy atom. The topological polar surface area (TPSA) is 65.1 Å². The Bertz CT molecular complexity index is 905. The minimum atomic E-state index is -0.356. The van der Waals surface area contributed by atoms with Crippen LogP contribution in [-0.2, 0) is 11.2 Å². The standard InChI is InChI=1S/C17H14ClFN2O2/c1-9-12(13-7-11(19)3-4-14(13)20-9)8-17(23)21-15-6-10(18)2-5-16(15)22/h2-7,20,22H,8H2,1H3,(H,21,23). The summed E-state index contributed by atoms with van der Waals surface area (Å²) < 4.78 is 13.4. The number of hydrogen-bond donors (Lipinski definition) is 3. The highest BCUT2D eigenvalue weighted by molar-refractivity contribution is 6.31. The van der Waals surface area contributed by atoms with E-state index in [9.17, 15) is 14.3 Å². The molecule has 3 aromatic rings. The maximum Gasteiger partial charge on any atom is 0.228 e. The van der Waals surface area contributed by atoms with Crippen LogP contribution in [0.3, 0.4) is 0 Å². The maximum atomic E-state index is 13.4. The van der Waals surface area contributed by atoms with Crippen LogP contribution in [0.2, 0.25) is 5.02 Å². The molecule has 0 fully saturated rings. The third kappa shape index (κ3) is 3.14. The molecule has 6 heteroatoms. The van der Waals surface area contributed by atoms with E-state index in [0.717, 1.165) is 16.8 Å². The molecule has 0 radical (unpaired) electrons. The van der Waals surface area contributed by atoms with Gasteiger partial charge < -0.3 is 15.4 Å². The molecule has 23 heavy (non-hydrogen) atoms. The van der Waals surface area contributed by atoms with Crippen LogP contribution in [-0.4, -0.2) is 16.0 Å². The molecule has 0 spiro atoms. The first-order chi connectivity index (χ1) is 10.9. The number of aromatic amines is 1. The molecule has 3 N–H and O–H groups in total. The molecular weight excluding hydrogens is 319 g/mol. The monoisotopic (exact) mass is 332 g/mol. The number of aryl methyl sites for hydroxylation is 1. The summed E-state index contributed by atoms with van der Waals surface area (Å²) in [5.74, 6) is -0.745. The normalized spacial score (nSPS) is 10.9. The summed E-state index contributed by atoms with van der Waals surface area (Å²) in [5, 5.41) is 13.4. The first-order valence-corrected chi connectivity index (χ1v) is 7.37. The van der Waals surface area contributed by atoms with Crippen molar-refractivity contribution in [3.8, 4) is 5.75 Å². The fraction of sp³-hybridized carbons (Fsp3) is 0.118. The molecule has 1 amide bonds. The number of benzene rings is 2. The number of nitrogens with one attached hydrogen (secondary N) is 2. The van der Waals surface area contributed by atoms with E-state index in [4.69, 9.17) is 11.6 Å². The lowest BCUT2D eigenvalue weighted by atomic mass is 10.1. The summed E-state index contributed by atoms with van der Waals surface area (Å²) >= 11 is 5.85. The van der Waals surface area contributed by atoms with Gasteiger partial charge in [-0.05, 0) is 48.9 Å². The van der Waals surface area contributed by atoms with Crippen molar-refractivity contribution in [3.63, 3.8) is 0 Å². The van der Waals surface area contributed by atoms with E-state index in [1.165, 1.54) is 30.3 Å². The van der Waals surface area contributed by atoms with Crippen molar-refractivity contribution in [2.24, 2.45) is 0 Å². The van der Waals surface area contributed by atoms with E-state index in [1.807, 2.05) is 6.92 Å². The SMILES string of the molecule is Cc1[nH]c2ccc(F)cc2c1CC(=O)Nc1cc(Cl)ccc1O. The molecular formula is C17H14ClFN2O2. The predicted molar refractivity (Wildman–Crippen MR) is 88.4 cm³/mol. The van der Waals surface area contributed by atoms with Crippen molar-refractivity contribution >= 4 is 34.1 Å². The molecule has 1 aromatic heterocycles. The third-order valence-electron chi connectivity index (χ3n) is 3.65. The van der Waals surface area contributed by atoms with Gasteiger partial charge in [0.15, 0.2) is 0 Å². The number of rotatable bonds is 3. The highest BCUT2D eigenvalue weighted by Gasteiger charge is 2.14. The average molecular weight is 333 g/mol. The van der Waals surface area contributed by atoms with Gasteiger partial charge in [0.05, 0.1) is 12.1 Å². The molecule has 3 rings (SSSR count). The highest BCUT2D eigenvalue weighted by atomic mass is 35.5. The Balaban J connectivity index is 1.87. The minimum absolute atomic E-state index is 0.0568. The first kappa shape index (κ1) is 15.4. The Kier molecular flexibility index (Phi) is 3.96. The van der Waals surface area contributed by atoms with Crippen molar-refractivity contribution in [2.45, 2.75) is 13.3 Å². The number of anilines is 1. The summed E-state index contributed by atoms with van der Waals surface area (Å²) in [4.78, 5) is 15.4. The maximum absolute atomic E-state index is 13.4. The van der Waals surface area contributed by atoms with E-state index in [2.05, 4.69) is 10.3 Å². The number of phenolic OH excluding ortho intramolecular Hbond substituents is 1. The van der Waals surface area contributed by atoms with E-state index < -0.39 is 0 Å². The minimum Gasteiger partial charge on any atom is -0.506 e. The molecule has 1 heterocycles. The summed E-state index contributed by atoms with van der Waals surface area (Å²) in [6, 6.07) is 8.81. The van der Waals surface area contributed by atoms with Crippen LogP contribution >= 0.6 is 11.6 Å². The Morgan fingerprint density at radius 2 is 2.09 bits per heavy atom. The molecule has 0 aliphatic rings. The molecule has 0 aliphatic carbocycles. The van der Waals surface area contributed by atoms with Crippen LogP contribution in [0.1, 0.15) is 11.3 Å². The van der Waals surface area contributed by atoms with Gasteiger partial charge in [-0.1, -0.05) is 11.6 Å². The van der Waals surface area contributed by atoms with Gasteiger partial charge in [0.1, 0.15) is 11.6 Å². The zero-order valence-electron chi connectivity index (χ0n) is 12.3. The van der Waals surface area contributed by atoms with E-state index in [-0.39, 0.29) is 29.6 Å². The van der Waals surface area contributed by atoms with Gasteiger partial charge in [0.2, 0.25) is 5.91 Å². The Morgan fingerprint density at radius 1 is 1.30 bits per heavy atom. The molecule has 0 saturated heterocycles. The van der Waals surface area contributed by atoms with Crippen molar-refractivity contribution in [3.05, 3.63) is 58.5 Å². The quantitative estimate of drug-likeness (QED) is 0.631. The second kappa shape index (κ2) is 5.93. The molecule has 0 unspecified atom stereocenters. The summed E-state index contributed by atoms with van der Waals surface area (Å²) in [6.45, 7) is 1.83. The fourth-order valence-electron chi connectivity index (χ4n) is 2.55. The van der Waals surface area contributed by atoms with E-state index in [1.54, 1.807) is 6.07 Å². The second-order valence-electron chi connectivity index (χ2n) is 5.30. The number of carbonyl (C=O) groups is 1. The van der Waals surface area contributed by atoms with E-state index in [0.29, 0.717) is 10.4 Å². The zero-order valence-corrected chi connectivity index (χ0v) is 13.0. The second-order valence-corrected chi connectivity index (χ2v) is 5.74. The van der Waals surface area contributed by atoms with Crippen molar-refractivity contribution in [2.75, 3.05) is 5.32 Å². The largest absolute Gasteiger partial charge is 0.506 e. The smallest absolute Gasteiger partial charge is 0.228 e. The van der Waals surface area contributed by atoms with Crippen molar-refractivity contribution in [1.82, 2.24) is 4.98 Å². The number of H-pyrrole nitrogens is 1. The van der Waals surface area contributed by atoms with Crippen LogP contribution in [0.25, 0.3) is 10.9 Å². The van der Waals surface area contributed by atoms with Crippen molar-refractivity contribution < 1.29 is 14.3 Å². The van der Waals surface area contributed by atoms with Crippen LogP contribution in [0.4, 0.5) is 10.1 Å². The molecule has 0 aliphatic heterocycles. The van der Waals surface area contributed by atoms with Gasteiger partial charge >= 0.3 is 0 Å². The number of aromatic nitrogens is 1. The molecule has 118 valence electrons. The number of phenols is 1. The van der Waals surface area contributed by atoms with Gasteiger partial charge in [0.25, 0.3) is 0 Å². The van der Waals surface area contributed by atoms with Gasteiger partial charge in [-0.3, -0.25) is 4.79 Å². The number of carbonyl (C=O) groups excluding carboxylic acids is 1. The summed E-state index contributed by atoms with van der Waals surface area (Å²) in [7, 11) is 0. The molecule has 2 aromatic carbocycles. The fourth-order valence-corrected chi connectivity index (χ4v) is 2.72. The van der Waals surface area contributed by atoms with Crippen molar-refractivity contribution in [1.29, 1.82) is 0 Å². The average Bonchev–Trinajstić information content (AvgIpc) is 2.79. The third-order valence-corrected chi connectivity index (χ3v) is 3.89. The lowest BCUT2D eigenvalue weighted by molar-refractivity contribution is -0.115. The lowest BCUT2D eigenvalue weighted by Crippen LogP contribution is -2.14. The number of amides is 1. The van der Waals surface area contributed by atoms with Crippen LogP contribution in [0, 0.1) is 12.7 Å². The van der Waals surface area contributed by atoms with Gasteiger partial charge in [-0.25, -0.2) is 4.39 Å². The van der Waals surface area contributed by atoms with Gasteiger partial charge in [0, 0.05) is 21.6 Å².